The number of thioether (sulfide) groups is 1. The van der Waals surface area contributed by atoms with Crippen molar-refractivity contribution < 1.29 is 4.42 Å². The fraction of sp³-hybridized carbons (Fsp3) is 0.0476. The van der Waals surface area contributed by atoms with E-state index in [1.807, 2.05) is 68.5 Å². The van der Waals surface area contributed by atoms with E-state index in [9.17, 15) is 0 Å². The first-order valence-corrected chi connectivity index (χ1v) is 25.0. The Labute approximate surface area is 414 Å². The minimum atomic E-state index is 0.834. The zero-order chi connectivity index (χ0) is 47.5. The topological polar surface area (TPSA) is 22.9 Å². The molecule has 0 N–H and O–H groups in total. The van der Waals surface area contributed by atoms with E-state index in [0.29, 0.717) is 0 Å². The normalized spacial score (nSPS) is 11.9. The summed E-state index contributed by atoms with van der Waals surface area (Å²) in [6.45, 7) is 12.2. The Balaban J connectivity index is 0.000000674. The quantitative estimate of drug-likeness (QED) is 0.0798. The molecule has 10 aromatic rings. The van der Waals surface area contributed by atoms with Crippen molar-refractivity contribution >= 4 is 105 Å². The predicted molar refractivity (Wildman–Crippen MR) is 303 cm³/mol. The van der Waals surface area contributed by atoms with Crippen LogP contribution in [0.1, 0.15) is 13.8 Å². The summed E-state index contributed by atoms with van der Waals surface area (Å²) < 4.78 is 9.05. The number of furan rings is 1. The Morgan fingerprint density at radius 3 is 1.61 bits per heavy atom. The van der Waals surface area contributed by atoms with Gasteiger partial charge in [0.15, 0.2) is 0 Å². The number of para-hydroxylation sites is 3. The van der Waals surface area contributed by atoms with Gasteiger partial charge >= 0.3 is 0 Å². The fourth-order valence-corrected chi connectivity index (χ4v) is 10.2. The maximum Gasteiger partial charge on any atom is 0.137 e. The second-order valence-electron chi connectivity index (χ2n) is 16.1. The van der Waals surface area contributed by atoms with Crippen molar-refractivity contribution in [3.8, 4) is 0 Å². The number of allylic oxidation sites excluding steroid dienone is 8. The molecule has 0 aliphatic rings. The molecule has 0 radical (unpaired) electrons. The summed E-state index contributed by atoms with van der Waals surface area (Å²) in [5, 5.41) is 4.56. The van der Waals surface area contributed by atoms with E-state index in [2.05, 4.69) is 222 Å². The van der Waals surface area contributed by atoms with Gasteiger partial charge in [-0.15, -0.1) is 23.1 Å². The summed E-state index contributed by atoms with van der Waals surface area (Å²) in [5.74, 6) is 0. The molecule has 4 nitrogen and oxygen atoms in total. The van der Waals surface area contributed by atoms with Crippen LogP contribution in [-0.2, 0) is 0 Å². The highest BCUT2D eigenvalue weighted by atomic mass is 32.2. The molecule has 0 aliphatic carbocycles. The van der Waals surface area contributed by atoms with Crippen molar-refractivity contribution in [3.05, 3.63) is 267 Å². The summed E-state index contributed by atoms with van der Waals surface area (Å²) in [6.07, 6.45) is 18.1. The maximum atomic E-state index is 6.63. The Kier molecular flexibility index (Phi) is 14.5. The van der Waals surface area contributed by atoms with E-state index in [-0.39, 0.29) is 0 Å². The third kappa shape index (κ3) is 10.00. The van der Waals surface area contributed by atoms with Crippen LogP contribution in [0.2, 0.25) is 0 Å². The summed E-state index contributed by atoms with van der Waals surface area (Å²) >= 11 is 3.57. The average Bonchev–Trinajstić information content (AvgIpc) is 3.96. The molecule has 0 atom stereocenters. The van der Waals surface area contributed by atoms with Crippen molar-refractivity contribution in [3.63, 3.8) is 0 Å². The largest absolute Gasteiger partial charge is 0.456 e. The molecule has 338 valence electrons. The number of thiophene rings is 1. The van der Waals surface area contributed by atoms with E-state index >= 15 is 0 Å². The highest BCUT2D eigenvalue weighted by molar-refractivity contribution is 7.98. The molecular formula is C63H53N3OS2. The third-order valence-electron chi connectivity index (χ3n) is 11.7. The van der Waals surface area contributed by atoms with E-state index in [4.69, 9.17) is 4.42 Å². The summed E-state index contributed by atoms with van der Waals surface area (Å²) in [4.78, 5) is 8.15. The van der Waals surface area contributed by atoms with Crippen LogP contribution in [0, 0.1) is 0 Å². The van der Waals surface area contributed by atoms with Crippen molar-refractivity contribution in [2.24, 2.45) is 0 Å². The van der Waals surface area contributed by atoms with Gasteiger partial charge in [-0.25, -0.2) is 0 Å². The molecule has 0 bridgehead atoms. The molecule has 0 unspecified atom stereocenters. The monoisotopic (exact) mass is 931 g/mol. The van der Waals surface area contributed by atoms with Crippen molar-refractivity contribution in [1.82, 2.24) is 0 Å². The van der Waals surface area contributed by atoms with Gasteiger partial charge in [0.05, 0.1) is 0 Å². The lowest BCUT2D eigenvalue weighted by Crippen LogP contribution is -2.19. The molecule has 69 heavy (non-hydrogen) atoms. The summed E-state index contributed by atoms with van der Waals surface area (Å²) in [6, 6.07) is 68.4. The first kappa shape index (κ1) is 46.1. The molecule has 0 saturated carbocycles. The van der Waals surface area contributed by atoms with Gasteiger partial charge in [0, 0.05) is 93.1 Å². The van der Waals surface area contributed by atoms with Crippen LogP contribution >= 0.6 is 23.1 Å². The number of hydrogen-bond acceptors (Lipinski definition) is 6. The van der Waals surface area contributed by atoms with Crippen LogP contribution in [0.25, 0.3) is 42.1 Å². The second kappa shape index (κ2) is 21.7. The van der Waals surface area contributed by atoms with Gasteiger partial charge < -0.3 is 19.1 Å². The zero-order valence-electron chi connectivity index (χ0n) is 39.1. The maximum absolute atomic E-state index is 6.63. The van der Waals surface area contributed by atoms with E-state index in [1.54, 1.807) is 23.1 Å². The van der Waals surface area contributed by atoms with E-state index in [1.165, 1.54) is 25.1 Å². The van der Waals surface area contributed by atoms with Gasteiger partial charge in [0.1, 0.15) is 11.2 Å². The first-order valence-electron chi connectivity index (χ1n) is 23.0. The molecule has 2 aromatic heterocycles. The Morgan fingerprint density at radius 1 is 0.478 bits per heavy atom. The minimum absolute atomic E-state index is 0.834. The summed E-state index contributed by atoms with van der Waals surface area (Å²) in [5.41, 5.74) is 11.1. The number of nitrogens with zero attached hydrogens (tertiary/aromatic N) is 3. The van der Waals surface area contributed by atoms with Crippen LogP contribution in [0.3, 0.4) is 0 Å². The van der Waals surface area contributed by atoms with Crippen LogP contribution in [0.4, 0.5) is 39.8 Å². The van der Waals surface area contributed by atoms with Gasteiger partial charge in [-0.3, -0.25) is 0 Å². The first-order chi connectivity index (χ1) is 34.0. The Hall–Kier alpha value is -8.03. The third-order valence-corrected chi connectivity index (χ3v) is 13.6. The number of hydrogen-bond donors (Lipinski definition) is 0. The molecular weight excluding hydrogens is 879 g/mol. The van der Waals surface area contributed by atoms with Gasteiger partial charge in [0.25, 0.3) is 0 Å². The second-order valence-corrected chi connectivity index (χ2v) is 18.1. The highest BCUT2D eigenvalue weighted by Gasteiger charge is 2.20. The lowest BCUT2D eigenvalue weighted by atomic mass is 10.1. The fourth-order valence-electron chi connectivity index (χ4n) is 8.62. The molecule has 0 fully saturated rings. The minimum Gasteiger partial charge on any atom is -0.456 e. The molecule has 6 heteroatoms. The van der Waals surface area contributed by atoms with Crippen LogP contribution < -0.4 is 14.7 Å². The van der Waals surface area contributed by atoms with E-state index < -0.39 is 0 Å². The molecule has 8 aromatic carbocycles. The van der Waals surface area contributed by atoms with Crippen LogP contribution in [0.5, 0.6) is 0 Å². The van der Waals surface area contributed by atoms with Crippen molar-refractivity contribution in [2.45, 2.75) is 18.7 Å². The standard InChI is InChI=1S/C56H45N3OS.C7H8S/c1-5-9-21-40(8-4)57(41(19-6-2)20-7-3)48-29-33-50-52-37-46(31-35-55(52)61-56(50)39-48)59(44-26-17-12-18-27-44)47-28-32-49-51-36-45(30-34-53(51)60-54(49)38-47)58(42-22-13-10-14-23-42)43-24-15-11-16-25-43;1-8-7-5-3-2-4-6-7/h5-39H,2,4H2,1,3H3;2-6H,1H3/b9-5-,20-7-,40-21+,41-19+;. The number of fused-ring (bicyclic) bond motifs is 6. The number of rotatable bonds is 14. The molecule has 0 spiro atoms. The highest BCUT2D eigenvalue weighted by Crippen LogP contribution is 2.44. The number of benzene rings is 8. The van der Waals surface area contributed by atoms with Gasteiger partial charge in [-0.1, -0.05) is 116 Å². The Bertz CT molecular complexity index is 3460. The lowest BCUT2D eigenvalue weighted by Gasteiger charge is -2.27. The van der Waals surface area contributed by atoms with Crippen LogP contribution in [-0.4, -0.2) is 6.26 Å². The number of anilines is 7. The van der Waals surface area contributed by atoms with Gasteiger partial charge in [-0.05, 0) is 154 Å². The van der Waals surface area contributed by atoms with Gasteiger partial charge in [0.2, 0.25) is 0 Å². The van der Waals surface area contributed by atoms with Crippen LogP contribution in [0.15, 0.2) is 277 Å². The van der Waals surface area contributed by atoms with E-state index in [0.717, 1.165) is 73.1 Å². The predicted octanol–water partition coefficient (Wildman–Crippen LogP) is 19.4. The van der Waals surface area contributed by atoms with Crippen molar-refractivity contribution in [2.75, 3.05) is 21.0 Å². The zero-order valence-corrected chi connectivity index (χ0v) is 40.7. The lowest BCUT2D eigenvalue weighted by molar-refractivity contribution is 0.669. The Morgan fingerprint density at radius 2 is 1.03 bits per heavy atom. The SMILES string of the molecule is C=C/C=C(\C=C/C)N(/C(C=C)=C/C=C\C)c1ccc2c(c1)sc1ccc(N(c3ccccc3)c3ccc4c(c3)oc3ccc(N(c5ccccc5)c5ccccc5)cc34)cc12.CSc1ccccc1. The molecule has 0 saturated heterocycles. The van der Waals surface area contributed by atoms with Crippen molar-refractivity contribution in [1.29, 1.82) is 0 Å². The summed E-state index contributed by atoms with van der Waals surface area (Å²) in [7, 11) is 0. The molecule has 2 heterocycles. The average molecular weight is 932 g/mol. The van der Waals surface area contributed by atoms with Gasteiger partial charge in [-0.2, -0.15) is 0 Å². The smallest absolute Gasteiger partial charge is 0.137 e. The molecule has 0 aliphatic heterocycles. The molecule has 10 rings (SSSR count). The molecule has 0 amide bonds.